The molecule has 0 saturated carbocycles. The zero-order chi connectivity index (χ0) is 16.2. The maximum Gasteiger partial charge on any atom is 0.257 e. The van der Waals surface area contributed by atoms with Crippen molar-refractivity contribution in [3.05, 3.63) is 40.9 Å². The van der Waals surface area contributed by atoms with E-state index in [2.05, 4.69) is 26.6 Å². The van der Waals surface area contributed by atoms with Gasteiger partial charge in [0, 0.05) is 30.0 Å². The van der Waals surface area contributed by atoms with Crippen LogP contribution in [0, 0.1) is 5.92 Å². The number of rotatable bonds is 5. The lowest BCUT2D eigenvalue weighted by Crippen LogP contribution is -2.36. The molecule has 24 heavy (non-hydrogen) atoms. The van der Waals surface area contributed by atoms with Gasteiger partial charge in [-0.2, -0.15) is 0 Å². The molecule has 1 amide bonds. The van der Waals surface area contributed by atoms with Gasteiger partial charge >= 0.3 is 0 Å². The molecule has 2 aromatic rings. The first-order chi connectivity index (χ1) is 11.1. The molecule has 1 aliphatic heterocycles. The highest BCUT2D eigenvalue weighted by molar-refractivity contribution is 9.10. The quantitative estimate of drug-likeness (QED) is 0.699. The van der Waals surface area contributed by atoms with Gasteiger partial charge in [0.15, 0.2) is 6.61 Å². The van der Waals surface area contributed by atoms with Crippen LogP contribution in [-0.4, -0.2) is 43.4 Å². The third-order valence-electron chi connectivity index (χ3n) is 4.01. The van der Waals surface area contributed by atoms with Gasteiger partial charge in [0.2, 0.25) is 0 Å². The number of aliphatic hydroxyl groups excluding tert-OH is 1. The van der Waals surface area contributed by atoms with Crippen molar-refractivity contribution in [2.75, 3.05) is 26.2 Å². The van der Waals surface area contributed by atoms with Crippen LogP contribution in [-0.2, 0) is 4.79 Å². The number of hydrogen-bond acceptors (Lipinski definition) is 4. The molecule has 1 saturated heterocycles. The van der Waals surface area contributed by atoms with E-state index in [9.17, 15) is 9.90 Å². The van der Waals surface area contributed by atoms with Gasteiger partial charge in [0.1, 0.15) is 5.75 Å². The Bertz CT molecular complexity index is 713. The number of benzene rings is 2. The summed E-state index contributed by atoms with van der Waals surface area (Å²) >= 11 is 3.44. The van der Waals surface area contributed by atoms with Crippen molar-refractivity contribution >= 4 is 45.0 Å². The molecule has 2 atom stereocenters. The number of nitrogens with one attached hydrogen (secondary N) is 2. The Morgan fingerprint density at radius 2 is 2.00 bits per heavy atom. The number of carbonyl (C=O) groups is 1. The molecule has 2 aromatic carbocycles. The Hall–Kier alpha value is -1.34. The molecular weight excluding hydrogens is 396 g/mol. The summed E-state index contributed by atoms with van der Waals surface area (Å²) in [6.45, 7) is 1.74. The minimum atomic E-state index is -0.393. The van der Waals surface area contributed by atoms with Gasteiger partial charge in [-0.3, -0.25) is 4.79 Å². The SMILES string of the molecule is Cl.O=C(COc1ccc2cc(Br)ccc2c1)NCC1CNCC1O. The first-order valence-electron chi connectivity index (χ1n) is 7.59. The third-order valence-corrected chi connectivity index (χ3v) is 4.50. The van der Waals surface area contributed by atoms with E-state index >= 15 is 0 Å². The molecule has 3 N–H and O–H groups in total. The molecule has 3 rings (SSSR count). The highest BCUT2D eigenvalue weighted by Crippen LogP contribution is 2.24. The standard InChI is InChI=1S/C17H19BrN2O3.ClH/c18-14-3-1-12-6-15(4-2-11(12)5-14)23-10-17(22)20-8-13-7-19-9-16(13)21;/h1-6,13,16,19,21H,7-10H2,(H,20,22);1H. The van der Waals surface area contributed by atoms with Crippen LogP contribution in [0.25, 0.3) is 10.8 Å². The normalized spacial score (nSPS) is 19.8. The number of β-amino-alcohol motifs (C(OH)–C–C–N with tert-alkyl or cyclic N) is 1. The van der Waals surface area contributed by atoms with Crippen molar-refractivity contribution in [2.45, 2.75) is 6.10 Å². The first-order valence-corrected chi connectivity index (χ1v) is 8.39. The molecule has 1 aliphatic rings. The minimum Gasteiger partial charge on any atom is -0.484 e. The monoisotopic (exact) mass is 414 g/mol. The number of hydrogen-bond donors (Lipinski definition) is 3. The molecule has 7 heteroatoms. The zero-order valence-electron chi connectivity index (χ0n) is 13.0. The fourth-order valence-corrected chi connectivity index (χ4v) is 3.04. The van der Waals surface area contributed by atoms with Gasteiger partial charge in [-0.1, -0.05) is 28.1 Å². The summed E-state index contributed by atoms with van der Waals surface area (Å²) in [6, 6.07) is 11.7. The Balaban J connectivity index is 0.00000208. The van der Waals surface area contributed by atoms with E-state index in [0.717, 1.165) is 21.8 Å². The molecule has 0 aliphatic carbocycles. The van der Waals surface area contributed by atoms with E-state index in [1.165, 1.54) is 0 Å². The second-order valence-corrected chi connectivity index (χ2v) is 6.65. The summed E-state index contributed by atoms with van der Waals surface area (Å²) in [5.41, 5.74) is 0. The molecule has 0 bridgehead atoms. The molecule has 0 aromatic heterocycles. The van der Waals surface area contributed by atoms with Crippen LogP contribution in [0.2, 0.25) is 0 Å². The minimum absolute atomic E-state index is 0. The van der Waals surface area contributed by atoms with Crippen molar-refractivity contribution in [3.63, 3.8) is 0 Å². The fraction of sp³-hybridized carbons (Fsp3) is 0.353. The van der Waals surface area contributed by atoms with Gasteiger partial charge < -0.3 is 20.5 Å². The highest BCUT2D eigenvalue weighted by Gasteiger charge is 2.24. The number of amides is 1. The van der Waals surface area contributed by atoms with Crippen LogP contribution in [0.4, 0.5) is 0 Å². The predicted octanol–water partition coefficient (Wildman–Crippen LogP) is 2.10. The summed E-state index contributed by atoms with van der Waals surface area (Å²) in [6.07, 6.45) is -0.393. The third kappa shape index (κ3) is 4.83. The molecule has 1 fully saturated rings. The van der Waals surface area contributed by atoms with Crippen LogP contribution in [0.1, 0.15) is 0 Å². The largest absolute Gasteiger partial charge is 0.484 e. The van der Waals surface area contributed by atoms with Crippen molar-refractivity contribution in [3.8, 4) is 5.75 Å². The number of ether oxygens (including phenoxy) is 1. The molecule has 2 unspecified atom stereocenters. The number of halogens is 2. The fourth-order valence-electron chi connectivity index (χ4n) is 2.66. The molecule has 1 heterocycles. The lowest BCUT2D eigenvalue weighted by molar-refractivity contribution is -0.123. The van der Waals surface area contributed by atoms with Gasteiger partial charge in [-0.15, -0.1) is 12.4 Å². The average Bonchev–Trinajstić information content (AvgIpc) is 2.96. The lowest BCUT2D eigenvalue weighted by Gasteiger charge is -2.14. The van der Waals surface area contributed by atoms with Crippen molar-refractivity contribution in [2.24, 2.45) is 5.92 Å². The topological polar surface area (TPSA) is 70.6 Å². The Morgan fingerprint density at radius 3 is 2.75 bits per heavy atom. The van der Waals surface area contributed by atoms with E-state index in [4.69, 9.17) is 4.74 Å². The summed E-state index contributed by atoms with van der Waals surface area (Å²) < 4.78 is 6.58. The van der Waals surface area contributed by atoms with Crippen LogP contribution in [0.3, 0.4) is 0 Å². The Morgan fingerprint density at radius 1 is 1.25 bits per heavy atom. The van der Waals surface area contributed by atoms with E-state index in [0.29, 0.717) is 18.8 Å². The van der Waals surface area contributed by atoms with Crippen molar-refractivity contribution in [1.82, 2.24) is 10.6 Å². The number of carbonyl (C=O) groups excluding carboxylic acids is 1. The van der Waals surface area contributed by atoms with Gasteiger partial charge in [0.25, 0.3) is 5.91 Å². The van der Waals surface area contributed by atoms with Gasteiger partial charge in [-0.05, 0) is 35.0 Å². The number of fused-ring (bicyclic) bond motifs is 1. The maximum absolute atomic E-state index is 11.8. The summed E-state index contributed by atoms with van der Waals surface area (Å²) in [4.78, 5) is 11.8. The molecule has 0 radical (unpaired) electrons. The summed E-state index contributed by atoms with van der Waals surface area (Å²) in [5, 5.41) is 17.7. The molecular formula is C17H20BrClN2O3. The predicted molar refractivity (Wildman–Crippen MR) is 99.8 cm³/mol. The molecule has 0 spiro atoms. The molecule has 5 nitrogen and oxygen atoms in total. The Kier molecular flexibility index (Phi) is 6.86. The van der Waals surface area contributed by atoms with Gasteiger partial charge in [-0.25, -0.2) is 0 Å². The molecule has 130 valence electrons. The van der Waals surface area contributed by atoms with E-state index in [1.54, 1.807) is 0 Å². The van der Waals surface area contributed by atoms with Crippen LogP contribution in [0.5, 0.6) is 5.75 Å². The second kappa shape index (κ2) is 8.67. The summed E-state index contributed by atoms with van der Waals surface area (Å²) in [7, 11) is 0. The second-order valence-electron chi connectivity index (χ2n) is 5.73. The van der Waals surface area contributed by atoms with Crippen LogP contribution >= 0.6 is 28.3 Å². The lowest BCUT2D eigenvalue weighted by atomic mass is 10.1. The average molecular weight is 416 g/mol. The van der Waals surface area contributed by atoms with Crippen molar-refractivity contribution < 1.29 is 14.6 Å². The number of aliphatic hydroxyl groups is 1. The highest BCUT2D eigenvalue weighted by atomic mass is 79.9. The van der Waals surface area contributed by atoms with Gasteiger partial charge in [0.05, 0.1) is 6.10 Å². The maximum atomic E-state index is 11.8. The van der Waals surface area contributed by atoms with E-state index in [-0.39, 0.29) is 30.8 Å². The van der Waals surface area contributed by atoms with Crippen LogP contribution < -0.4 is 15.4 Å². The first kappa shape index (κ1) is 19.0. The van der Waals surface area contributed by atoms with E-state index in [1.807, 2.05) is 36.4 Å². The summed E-state index contributed by atoms with van der Waals surface area (Å²) in [5.74, 6) is 0.551. The van der Waals surface area contributed by atoms with Crippen LogP contribution in [0.15, 0.2) is 40.9 Å². The Labute approximate surface area is 155 Å². The zero-order valence-corrected chi connectivity index (χ0v) is 15.4. The van der Waals surface area contributed by atoms with E-state index < -0.39 is 6.10 Å². The van der Waals surface area contributed by atoms with Crippen molar-refractivity contribution in [1.29, 1.82) is 0 Å². The smallest absolute Gasteiger partial charge is 0.257 e.